The standard InChI is InChI=1S/C13H9ClO/c14-13-8-7-10-4-1-2-5-11(10)12(13)6-3-9-15/h1-9H/b6-3+. The number of hydrogen-bond acceptors (Lipinski definition) is 1. The summed E-state index contributed by atoms with van der Waals surface area (Å²) in [6, 6.07) is 11.8. The van der Waals surface area contributed by atoms with Crippen LogP contribution in [0, 0.1) is 0 Å². The molecule has 15 heavy (non-hydrogen) atoms. The predicted octanol–water partition coefficient (Wildman–Crippen LogP) is 3.71. The lowest BCUT2D eigenvalue weighted by Crippen LogP contribution is -1.80. The fraction of sp³-hybridized carbons (Fsp3) is 0. The topological polar surface area (TPSA) is 17.1 Å². The summed E-state index contributed by atoms with van der Waals surface area (Å²) in [6.45, 7) is 0. The van der Waals surface area contributed by atoms with Gasteiger partial charge in [0.1, 0.15) is 6.29 Å². The molecule has 0 fully saturated rings. The van der Waals surface area contributed by atoms with E-state index < -0.39 is 0 Å². The molecule has 0 radical (unpaired) electrons. The van der Waals surface area contributed by atoms with Crippen LogP contribution in [0.25, 0.3) is 16.8 Å². The van der Waals surface area contributed by atoms with E-state index in [0.29, 0.717) is 5.02 Å². The molecule has 2 heteroatoms. The van der Waals surface area contributed by atoms with Gasteiger partial charge in [0.15, 0.2) is 0 Å². The molecule has 0 atom stereocenters. The maximum atomic E-state index is 10.3. The summed E-state index contributed by atoms with van der Waals surface area (Å²) in [4.78, 5) is 10.3. The van der Waals surface area contributed by atoms with Gasteiger partial charge in [0.25, 0.3) is 0 Å². The summed E-state index contributed by atoms with van der Waals surface area (Å²) < 4.78 is 0. The van der Waals surface area contributed by atoms with Crippen LogP contribution in [0.4, 0.5) is 0 Å². The Morgan fingerprint density at radius 2 is 1.87 bits per heavy atom. The van der Waals surface area contributed by atoms with Crippen LogP contribution < -0.4 is 0 Å². The van der Waals surface area contributed by atoms with E-state index in [4.69, 9.17) is 11.6 Å². The van der Waals surface area contributed by atoms with Crippen LogP contribution in [0.15, 0.2) is 42.5 Å². The van der Waals surface area contributed by atoms with E-state index in [9.17, 15) is 4.79 Å². The SMILES string of the molecule is O=C/C=C/c1c(Cl)ccc2ccccc12. The Morgan fingerprint density at radius 3 is 2.67 bits per heavy atom. The Labute approximate surface area is 93.0 Å². The molecule has 0 saturated carbocycles. The van der Waals surface area contributed by atoms with Gasteiger partial charge in [-0.25, -0.2) is 0 Å². The van der Waals surface area contributed by atoms with Crippen molar-refractivity contribution in [2.24, 2.45) is 0 Å². The molecule has 2 aromatic rings. The van der Waals surface area contributed by atoms with Crippen molar-refractivity contribution >= 4 is 34.7 Å². The maximum Gasteiger partial charge on any atom is 0.142 e. The number of fused-ring (bicyclic) bond motifs is 1. The molecular weight excluding hydrogens is 208 g/mol. The summed E-state index contributed by atoms with van der Waals surface area (Å²) in [6.07, 6.45) is 3.93. The van der Waals surface area contributed by atoms with Crippen LogP contribution in [0.2, 0.25) is 5.02 Å². The Bertz CT molecular complexity index is 529. The van der Waals surface area contributed by atoms with E-state index in [1.807, 2.05) is 36.4 Å². The molecule has 0 saturated heterocycles. The van der Waals surface area contributed by atoms with E-state index in [0.717, 1.165) is 22.6 Å². The number of allylic oxidation sites excluding steroid dienone is 1. The molecule has 0 aromatic heterocycles. The quantitative estimate of drug-likeness (QED) is 0.553. The van der Waals surface area contributed by atoms with Crippen molar-refractivity contribution in [2.45, 2.75) is 0 Å². The van der Waals surface area contributed by atoms with Crippen molar-refractivity contribution in [3.05, 3.63) is 53.1 Å². The lowest BCUT2D eigenvalue weighted by Gasteiger charge is -2.03. The monoisotopic (exact) mass is 216 g/mol. The molecule has 0 spiro atoms. The second-order valence-corrected chi connectivity index (χ2v) is 3.58. The summed E-state index contributed by atoms with van der Waals surface area (Å²) in [5, 5.41) is 2.84. The first-order valence-corrected chi connectivity index (χ1v) is 5.00. The highest BCUT2D eigenvalue weighted by Gasteiger charge is 2.01. The zero-order valence-electron chi connectivity index (χ0n) is 7.98. The van der Waals surface area contributed by atoms with Gasteiger partial charge >= 0.3 is 0 Å². The number of carbonyl (C=O) groups is 1. The highest BCUT2D eigenvalue weighted by atomic mass is 35.5. The maximum absolute atomic E-state index is 10.3. The van der Waals surface area contributed by atoms with Gasteiger partial charge in [0.05, 0.1) is 0 Å². The molecule has 1 nitrogen and oxygen atoms in total. The van der Waals surface area contributed by atoms with Gasteiger partial charge < -0.3 is 0 Å². The lowest BCUT2D eigenvalue weighted by molar-refractivity contribution is -0.104. The first-order chi connectivity index (χ1) is 7.33. The molecule has 0 N–H and O–H groups in total. The molecule has 0 aliphatic carbocycles. The molecule has 0 heterocycles. The third-order valence-electron chi connectivity index (χ3n) is 2.26. The molecule has 0 aliphatic heterocycles. The van der Waals surface area contributed by atoms with Crippen LogP contribution >= 0.6 is 11.6 Å². The van der Waals surface area contributed by atoms with Crippen molar-refractivity contribution in [1.82, 2.24) is 0 Å². The average molecular weight is 217 g/mol. The number of halogens is 1. The third-order valence-corrected chi connectivity index (χ3v) is 2.59. The Kier molecular flexibility index (Phi) is 2.84. The number of benzene rings is 2. The molecule has 2 rings (SSSR count). The lowest BCUT2D eigenvalue weighted by atomic mass is 10.0. The fourth-order valence-corrected chi connectivity index (χ4v) is 1.80. The van der Waals surface area contributed by atoms with E-state index in [1.165, 1.54) is 6.08 Å². The predicted molar refractivity (Wildman–Crippen MR) is 64.1 cm³/mol. The minimum atomic E-state index is 0.659. The van der Waals surface area contributed by atoms with Crippen LogP contribution in [0.3, 0.4) is 0 Å². The van der Waals surface area contributed by atoms with Gasteiger partial charge in [-0.2, -0.15) is 0 Å². The van der Waals surface area contributed by atoms with Crippen LogP contribution in [-0.2, 0) is 4.79 Å². The Hall–Kier alpha value is -1.60. The third kappa shape index (κ3) is 1.92. The molecule has 2 aromatic carbocycles. The van der Waals surface area contributed by atoms with Crippen LogP contribution in [-0.4, -0.2) is 6.29 Å². The zero-order chi connectivity index (χ0) is 10.7. The van der Waals surface area contributed by atoms with Crippen molar-refractivity contribution in [3.63, 3.8) is 0 Å². The van der Waals surface area contributed by atoms with Gasteiger partial charge in [-0.05, 0) is 29.0 Å². The van der Waals surface area contributed by atoms with Gasteiger partial charge in [-0.3, -0.25) is 4.79 Å². The van der Waals surface area contributed by atoms with E-state index >= 15 is 0 Å². The van der Waals surface area contributed by atoms with E-state index in [1.54, 1.807) is 6.08 Å². The number of rotatable bonds is 2. The largest absolute Gasteiger partial charge is 0.299 e. The number of hydrogen-bond donors (Lipinski definition) is 0. The Morgan fingerprint density at radius 1 is 1.07 bits per heavy atom. The van der Waals surface area contributed by atoms with Gasteiger partial charge in [0.2, 0.25) is 0 Å². The molecule has 0 bridgehead atoms. The molecule has 74 valence electrons. The van der Waals surface area contributed by atoms with Gasteiger partial charge in [-0.15, -0.1) is 0 Å². The van der Waals surface area contributed by atoms with Gasteiger partial charge in [-0.1, -0.05) is 41.9 Å². The van der Waals surface area contributed by atoms with E-state index in [2.05, 4.69) is 0 Å². The summed E-state index contributed by atoms with van der Waals surface area (Å²) in [5.41, 5.74) is 0.891. The van der Waals surface area contributed by atoms with Crippen molar-refractivity contribution < 1.29 is 4.79 Å². The summed E-state index contributed by atoms with van der Waals surface area (Å²) >= 11 is 6.07. The molecule has 0 amide bonds. The molecular formula is C13H9ClO. The van der Waals surface area contributed by atoms with Gasteiger partial charge in [0, 0.05) is 10.6 Å². The second-order valence-electron chi connectivity index (χ2n) is 3.18. The first kappa shape index (κ1) is 9.94. The molecule has 0 unspecified atom stereocenters. The minimum Gasteiger partial charge on any atom is -0.299 e. The number of carbonyl (C=O) groups excluding carboxylic acids is 1. The summed E-state index contributed by atoms with van der Waals surface area (Å²) in [7, 11) is 0. The van der Waals surface area contributed by atoms with Crippen LogP contribution in [0.5, 0.6) is 0 Å². The van der Waals surface area contributed by atoms with Crippen molar-refractivity contribution in [3.8, 4) is 0 Å². The zero-order valence-corrected chi connectivity index (χ0v) is 8.74. The highest BCUT2D eigenvalue weighted by Crippen LogP contribution is 2.26. The van der Waals surface area contributed by atoms with E-state index in [-0.39, 0.29) is 0 Å². The highest BCUT2D eigenvalue weighted by molar-refractivity contribution is 6.33. The minimum absolute atomic E-state index is 0.659. The van der Waals surface area contributed by atoms with Crippen molar-refractivity contribution in [1.29, 1.82) is 0 Å². The fourth-order valence-electron chi connectivity index (χ4n) is 1.57. The normalized spacial score (nSPS) is 11.0. The summed E-state index contributed by atoms with van der Waals surface area (Å²) in [5.74, 6) is 0. The average Bonchev–Trinajstić information content (AvgIpc) is 2.28. The van der Waals surface area contributed by atoms with Crippen LogP contribution in [0.1, 0.15) is 5.56 Å². The first-order valence-electron chi connectivity index (χ1n) is 4.62. The number of aldehydes is 1. The smallest absolute Gasteiger partial charge is 0.142 e. The Balaban J connectivity index is 2.73. The molecule has 0 aliphatic rings. The van der Waals surface area contributed by atoms with Crippen molar-refractivity contribution in [2.75, 3.05) is 0 Å². The second kappa shape index (κ2) is 4.28.